The number of ether oxygens (including phenoxy) is 1. The molecule has 0 unspecified atom stereocenters. The summed E-state index contributed by atoms with van der Waals surface area (Å²) in [5, 5.41) is 0. The average Bonchev–Trinajstić information content (AvgIpc) is 2.17. The van der Waals surface area contributed by atoms with Crippen molar-refractivity contribution in [3.63, 3.8) is 0 Å². The molecule has 82 valence electrons. The molecule has 1 aromatic carbocycles. The first kappa shape index (κ1) is 12.5. The molecule has 15 heavy (non-hydrogen) atoms. The van der Waals surface area contributed by atoms with Crippen LogP contribution in [-0.4, -0.2) is 11.6 Å². The molecule has 0 radical (unpaired) electrons. The second-order valence-corrected chi connectivity index (χ2v) is 4.77. The van der Waals surface area contributed by atoms with Crippen molar-refractivity contribution in [3.8, 4) is 5.75 Å². The second-order valence-electron chi connectivity index (χ2n) is 3.33. The lowest BCUT2D eigenvalue weighted by Gasteiger charge is -2.09. The predicted octanol–water partition coefficient (Wildman–Crippen LogP) is 3.20. The number of rotatable bonds is 5. The Hall–Kier alpha value is -0.610. The molecule has 0 aliphatic rings. The van der Waals surface area contributed by atoms with E-state index in [1.807, 2.05) is 25.1 Å². The van der Waals surface area contributed by atoms with Crippen LogP contribution >= 0.6 is 28.1 Å². The van der Waals surface area contributed by atoms with Crippen LogP contribution in [0.2, 0.25) is 0 Å². The molecule has 0 aliphatic carbocycles. The van der Waals surface area contributed by atoms with Crippen LogP contribution in [0.15, 0.2) is 22.7 Å². The van der Waals surface area contributed by atoms with Gasteiger partial charge >= 0.3 is 0 Å². The summed E-state index contributed by atoms with van der Waals surface area (Å²) in [6.45, 7) is 2.67. The van der Waals surface area contributed by atoms with E-state index in [0.29, 0.717) is 11.6 Å². The van der Waals surface area contributed by atoms with Crippen LogP contribution in [0.1, 0.15) is 18.4 Å². The zero-order valence-electron chi connectivity index (χ0n) is 8.63. The van der Waals surface area contributed by atoms with Crippen molar-refractivity contribution < 1.29 is 4.74 Å². The number of thiocarbonyl (C=S) groups is 1. The lowest BCUT2D eigenvalue weighted by molar-refractivity contribution is 0.311. The molecule has 0 saturated heterocycles. The minimum Gasteiger partial charge on any atom is -0.493 e. The first-order valence-electron chi connectivity index (χ1n) is 4.77. The van der Waals surface area contributed by atoms with E-state index in [-0.39, 0.29) is 0 Å². The lowest BCUT2D eigenvalue weighted by Crippen LogP contribution is -2.09. The van der Waals surface area contributed by atoms with Crippen molar-refractivity contribution in [2.24, 2.45) is 5.73 Å². The van der Waals surface area contributed by atoms with E-state index in [4.69, 9.17) is 22.7 Å². The van der Waals surface area contributed by atoms with E-state index in [9.17, 15) is 0 Å². The fraction of sp³-hybridized carbons (Fsp3) is 0.364. The Morgan fingerprint density at radius 2 is 2.27 bits per heavy atom. The van der Waals surface area contributed by atoms with E-state index in [2.05, 4.69) is 15.9 Å². The summed E-state index contributed by atoms with van der Waals surface area (Å²) >= 11 is 8.19. The van der Waals surface area contributed by atoms with Gasteiger partial charge in [-0.3, -0.25) is 0 Å². The minimum absolute atomic E-state index is 0.546. The maximum Gasteiger partial charge on any atom is 0.123 e. The molecule has 0 spiro atoms. The Morgan fingerprint density at radius 1 is 1.53 bits per heavy atom. The van der Waals surface area contributed by atoms with Gasteiger partial charge in [0.15, 0.2) is 0 Å². The smallest absolute Gasteiger partial charge is 0.123 e. The summed E-state index contributed by atoms with van der Waals surface area (Å²) in [6.07, 6.45) is 1.60. The fourth-order valence-electron chi connectivity index (χ4n) is 1.16. The molecule has 0 aliphatic heterocycles. The number of hydrogen-bond acceptors (Lipinski definition) is 2. The molecule has 0 heterocycles. The molecule has 1 aromatic rings. The SMILES string of the molecule is Cc1ccc(Br)cc1OCCCC(N)=S. The van der Waals surface area contributed by atoms with Crippen LogP contribution in [0.25, 0.3) is 0 Å². The topological polar surface area (TPSA) is 35.2 Å². The maximum absolute atomic E-state index is 5.62. The van der Waals surface area contributed by atoms with Gasteiger partial charge in [-0.2, -0.15) is 0 Å². The normalized spacial score (nSPS) is 10.0. The molecule has 4 heteroatoms. The Morgan fingerprint density at radius 3 is 2.93 bits per heavy atom. The average molecular weight is 288 g/mol. The van der Waals surface area contributed by atoms with Gasteiger partial charge in [0.1, 0.15) is 5.75 Å². The van der Waals surface area contributed by atoms with Crippen LogP contribution in [0.4, 0.5) is 0 Å². The van der Waals surface area contributed by atoms with Gasteiger partial charge in [-0.15, -0.1) is 0 Å². The van der Waals surface area contributed by atoms with Crippen molar-refractivity contribution in [2.45, 2.75) is 19.8 Å². The standard InChI is InChI=1S/C11H14BrNOS/c1-8-4-5-9(12)7-10(8)14-6-2-3-11(13)15/h4-5,7H,2-3,6H2,1H3,(H2,13,15). The van der Waals surface area contributed by atoms with Gasteiger partial charge in [0.2, 0.25) is 0 Å². The van der Waals surface area contributed by atoms with Crippen LogP contribution in [0.5, 0.6) is 5.75 Å². The Labute approximate surface area is 104 Å². The van der Waals surface area contributed by atoms with E-state index < -0.39 is 0 Å². The van der Waals surface area contributed by atoms with Gasteiger partial charge in [0.05, 0.1) is 11.6 Å². The van der Waals surface area contributed by atoms with Gasteiger partial charge in [-0.25, -0.2) is 0 Å². The third-order valence-electron chi connectivity index (χ3n) is 1.98. The second kappa shape index (κ2) is 6.08. The third kappa shape index (κ3) is 4.62. The van der Waals surface area contributed by atoms with E-state index in [0.717, 1.165) is 28.6 Å². The molecule has 0 amide bonds. The highest BCUT2D eigenvalue weighted by atomic mass is 79.9. The van der Waals surface area contributed by atoms with Crippen molar-refractivity contribution in [1.29, 1.82) is 0 Å². The van der Waals surface area contributed by atoms with Crippen LogP contribution in [0, 0.1) is 6.92 Å². The Kier molecular flexibility index (Phi) is 5.05. The molecule has 0 saturated carbocycles. The van der Waals surface area contributed by atoms with Crippen LogP contribution < -0.4 is 10.5 Å². The molecule has 0 atom stereocenters. The molecule has 0 aromatic heterocycles. The van der Waals surface area contributed by atoms with Crippen molar-refractivity contribution >= 4 is 33.1 Å². The molecule has 2 N–H and O–H groups in total. The highest BCUT2D eigenvalue weighted by Gasteiger charge is 2.00. The lowest BCUT2D eigenvalue weighted by atomic mass is 10.2. The number of nitrogens with two attached hydrogens (primary N) is 1. The van der Waals surface area contributed by atoms with Gasteiger partial charge < -0.3 is 10.5 Å². The van der Waals surface area contributed by atoms with Crippen molar-refractivity contribution in [3.05, 3.63) is 28.2 Å². The maximum atomic E-state index is 5.62. The van der Waals surface area contributed by atoms with Gasteiger partial charge in [0.25, 0.3) is 0 Å². The van der Waals surface area contributed by atoms with E-state index in [1.165, 1.54) is 0 Å². The molecular weight excluding hydrogens is 274 g/mol. The van der Waals surface area contributed by atoms with Crippen molar-refractivity contribution in [1.82, 2.24) is 0 Å². The molecule has 1 rings (SSSR count). The minimum atomic E-state index is 0.546. The molecule has 2 nitrogen and oxygen atoms in total. The summed E-state index contributed by atoms with van der Waals surface area (Å²) < 4.78 is 6.65. The summed E-state index contributed by atoms with van der Waals surface area (Å²) in [4.78, 5) is 0.546. The first-order chi connectivity index (χ1) is 7.09. The van der Waals surface area contributed by atoms with Gasteiger partial charge in [0, 0.05) is 10.9 Å². The zero-order valence-corrected chi connectivity index (χ0v) is 11.0. The van der Waals surface area contributed by atoms with Crippen LogP contribution in [-0.2, 0) is 0 Å². The fourth-order valence-corrected chi connectivity index (χ4v) is 1.64. The summed E-state index contributed by atoms with van der Waals surface area (Å²) in [6, 6.07) is 5.99. The Bertz CT molecular complexity index is 354. The number of benzene rings is 1. The van der Waals surface area contributed by atoms with E-state index >= 15 is 0 Å². The van der Waals surface area contributed by atoms with Crippen LogP contribution in [0.3, 0.4) is 0 Å². The van der Waals surface area contributed by atoms with Gasteiger partial charge in [-0.05, 0) is 31.0 Å². The monoisotopic (exact) mass is 287 g/mol. The highest BCUT2D eigenvalue weighted by molar-refractivity contribution is 9.10. The summed E-state index contributed by atoms with van der Waals surface area (Å²) in [7, 11) is 0. The Balaban J connectivity index is 2.43. The first-order valence-corrected chi connectivity index (χ1v) is 5.97. The van der Waals surface area contributed by atoms with Crippen molar-refractivity contribution in [2.75, 3.05) is 6.61 Å². The number of hydrogen-bond donors (Lipinski definition) is 1. The summed E-state index contributed by atoms with van der Waals surface area (Å²) in [5.41, 5.74) is 6.53. The summed E-state index contributed by atoms with van der Waals surface area (Å²) in [5.74, 6) is 0.910. The zero-order chi connectivity index (χ0) is 11.3. The van der Waals surface area contributed by atoms with Gasteiger partial charge in [-0.1, -0.05) is 34.2 Å². The number of aryl methyl sites for hydroxylation is 1. The number of halogens is 1. The largest absolute Gasteiger partial charge is 0.493 e. The molecular formula is C11H14BrNOS. The quantitative estimate of drug-likeness (QED) is 0.667. The highest BCUT2D eigenvalue weighted by Crippen LogP contribution is 2.22. The third-order valence-corrected chi connectivity index (χ3v) is 2.67. The van der Waals surface area contributed by atoms with E-state index in [1.54, 1.807) is 0 Å². The predicted molar refractivity (Wildman–Crippen MR) is 70.4 cm³/mol. The molecule has 0 bridgehead atoms. The molecule has 0 fully saturated rings.